The summed E-state index contributed by atoms with van der Waals surface area (Å²) in [4.78, 5) is 11.8. The molecule has 2 nitrogen and oxygen atoms in total. The number of carbonyl (C=O) groups is 1. The highest BCUT2D eigenvalue weighted by atomic mass is 35.5. The van der Waals surface area contributed by atoms with Crippen LogP contribution >= 0.6 is 23.2 Å². The van der Waals surface area contributed by atoms with E-state index in [1.807, 2.05) is 0 Å². The number of hydrogen-bond acceptors (Lipinski definition) is 1. The minimum Gasteiger partial charge on any atom is -0.346 e. The first-order chi connectivity index (χ1) is 8.15. The molecule has 0 aliphatic carbocycles. The summed E-state index contributed by atoms with van der Waals surface area (Å²) in [7, 11) is 0. The van der Waals surface area contributed by atoms with E-state index < -0.39 is 28.6 Å². The van der Waals surface area contributed by atoms with Crippen molar-refractivity contribution in [2.45, 2.75) is 31.7 Å². The normalized spacial score (nSPS) is 13.3. The molecule has 1 N–H and O–H groups in total. The van der Waals surface area contributed by atoms with Crippen molar-refractivity contribution < 1.29 is 13.6 Å². The van der Waals surface area contributed by atoms with Crippen LogP contribution in [0.5, 0.6) is 0 Å². The monoisotopic (exact) mass is 295 g/mol. The Morgan fingerprint density at radius 3 is 2.39 bits per heavy atom. The van der Waals surface area contributed by atoms with E-state index in [1.54, 1.807) is 20.8 Å². The first-order valence-corrected chi connectivity index (χ1v) is 6.07. The molecule has 1 aromatic carbocycles. The summed E-state index contributed by atoms with van der Waals surface area (Å²) in [6.45, 7) is 5.07. The first kappa shape index (κ1) is 15.2. The second kappa shape index (κ2) is 5.41. The van der Waals surface area contributed by atoms with Gasteiger partial charge in [-0.25, -0.2) is 8.78 Å². The number of rotatable bonds is 3. The third kappa shape index (κ3) is 3.33. The lowest BCUT2D eigenvalue weighted by molar-refractivity contribution is 0.0908. The van der Waals surface area contributed by atoms with Gasteiger partial charge < -0.3 is 5.32 Å². The zero-order valence-electron chi connectivity index (χ0n) is 10.2. The van der Waals surface area contributed by atoms with Gasteiger partial charge >= 0.3 is 0 Å². The fourth-order valence-electron chi connectivity index (χ4n) is 1.16. The highest BCUT2D eigenvalue weighted by molar-refractivity contribution is 6.30. The molecule has 1 rings (SSSR count). The zero-order chi connectivity index (χ0) is 14.1. The maximum atomic E-state index is 13.5. The van der Waals surface area contributed by atoms with Crippen molar-refractivity contribution in [1.29, 1.82) is 0 Å². The van der Waals surface area contributed by atoms with Crippen LogP contribution < -0.4 is 5.32 Å². The molecule has 1 atom stereocenters. The molecule has 100 valence electrons. The molecule has 0 bridgehead atoms. The molecular formula is C12H13Cl2F2NO. The molecule has 1 aromatic rings. The molecule has 1 amide bonds. The predicted molar refractivity (Wildman–Crippen MR) is 68.2 cm³/mol. The van der Waals surface area contributed by atoms with E-state index in [1.165, 1.54) is 0 Å². The van der Waals surface area contributed by atoms with Gasteiger partial charge in [0.05, 0.1) is 21.5 Å². The molecule has 1 unspecified atom stereocenters. The SMILES string of the molecule is CC(Cl)C(C)(C)NC(=O)c1cc(F)c(Cl)cc1F. The van der Waals surface area contributed by atoms with Gasteiger partial charge in [-0.15, -0.1) is 11.6 Å². The van der Waals surface area contributed by atoms with E-state index in [2.05, 4.69) is 5.32 Å². The Balaban J connectivity index is 3.02. The Morgan fingerprint density at radius 1 is 1.33 bits per heavy atom. The Morgan fingerprint density at radius 2 is 1.89 bits per heavy atom. The third-order valence-electron chi connectivity index (χ3n) is 2.68. The number of alkyl halides is 1. The number of carbonyl (C=O) groups excluding carboxylic acids is 1. The Kier molecular flexibility index (Phi) is 4.56. The topological polar surface area (TPSA) is 29.1 Å². The molecule has 0 saturated carbocycles. The number of amides is 1. The highest BCUT2D eigenvalue weighted by Crippen LogP contribution is 2.21. The zero-order valence-corrected chi connectivity index (χ0v) is 11.7. The summed E-state index contributed by atoms with van der Waals surface area (Å²) in [6, 6.07) is 1.53. The quantitative estimate of drug-likeness (QED) is 0.668. The fraction of sp³-hybridized carbons (Fsp3) is 0.417. The van der Waals surface area contributed by atoms with Crippen molar-refractivity contribution in [3.63, 3.8) is 0 Å². The lowest BCUT2D eigenvalue weighted by Gasteiger charge is -2.29. The molecule has 18 heavy (non-hydrogen) atoms. The fourth-order valence-corrected chi connectivity index (χ4v) is 1.36. The lowest BCUT2D eigenvalue weighted by atomic mass is 10.0. The second-order valence-corrected chi connectivity index (χ2v) is 5.60. The maximum Gasteiger partial charge on any atom is 0.254 e. The van der Waals surface area contributed by atoms with E-state index in [-0.39, 0.29) is 10.4 Å². The highest BCUT2D eigenvalue weighted by Gasteiger charge is 2.28. The molecule has 0 aromatic heterocycles. The number of hydrogen-bond donors (Lipinski definition) is 1. The predicted octanol–water partition coefficient (Wildman–Crippen LogP) is 3.75. The summed E-state index contributed by atoms with van der Waals surface area (Å²) in [5.41, 5.74) is -1.15. The number of nitrogens with one attached hydrogen (secondary N) is 1. The Labute approximate surface area is 114 Å². The van der Waals surface area contributed by atoms with E-state index >= 15 is 0 Å². The summed E-state index contributed by atoms with van der Waals surface area (Å²) < 4.78 is 26.7. The Bertz CT molecular complexity index is 475. The Hall–Kier alpha value is -0.870. The van der Waals surface area contributed by atoms with Crippen molar-refractivity contribution in [2.75, 3.05) is 0 Å². The number of benzene rings is 1. The minimum atomic E-state index is -0.878. The lowest BCUT2D eigenvalue weighted by Crippen LogP contribution is -2.49. The summed E-state index contributed by atoms with van der Waals surface area (Å²) in [5.74, 6) is -2.46. The van der Waals surface area contributed by atoms with Gasteiger partial charge in [0.2, 0.25) is 0 Å². The van der Waals surface area contributed by atoms with Crippen LogP contribution in [-0.2, 0) is 0 Å². The standard InChI is InChI=1S/C12H13Cl2F2NO/c1-6(13)12(2,3)17-11(18)7-4-10(16)8(14)5-9(7)15/h4-6H,1-3H3,(H,17,18). The molecule has 0 aliphatic heterocycles. The molecule has 0 heterocycles. The van der Waals surface area contributed by atoms with E-state index in [0.29, 0.717) is 0 Å². The smallest absolute Gasteiger partial charge is 0.254 e. The van der Waals surface area contributed by atoms with Crippen LogP contribution in [0.1, 0.15) is 31.1 Å². The van der Waals surface area contributed by atoms with Crippen LogP contribution in [0.3, 0.4) is 0 Å². The van der Waals surface area contributed by atoms with Crippen molar-refractivity contribution >= 4 is 29.1 Å². The summed E-state index contributed by atoms with van der Waals surface area (Å²) in [6.07, 6.45) is 0. The molecule has 0 aliphatic rings. The molecular weight excluding hydrogens is 283 g/mol. The van der Waals surface area contributed by atoms with Gasteiger partial charge in [-0.05, 0) is 32.9 Å². The molecule has 0 spiro atoms. The van der Waals surface area contributed by atoms with Crippen molar-refractivity contribution in [3.05, 3.63) is 34.4 Å². The summed E-state index contributed by atoms with van der Waals surface area (Å²) in [5, 5.41) is 1.80. The summed E-state index contributed by atoms with van der Waals surface area (Å²) >= 11 is 11.3. The van der Waals surface area contributed by atoms with Gasteiger partial charge in [-0.3, -0.25) is 4.79 Å². The van der Waals surface area contributed by atoms with Crippen LogP contribution in [-0.4, -0.2) is 16.8 Å². The van der Waals surface area contributed by atoms with Gasteiger partial charge in [0.1, 0.15) is 11.6 Å². The van der Waals surface area contributed by atoms with Crippen LogP contribution in [0.4, 0.5) is 8.78 Å². The number of halogens is 4. The first-order valence-electron chi connectivity index (χ1n) is 5.26. The van der Waals surface area contributed by atoms with Gasteiger partial charge in [-0.2, -0.15) is 0 Å². The molecule has 0 saturated heterocycles. The van der Waals surface area contributed by atoms with Gasteiger partial charge in [0.15, 0.2) is 0 Å². The van der Waals surface area contributed by atoms with Crippen LogP contribution in [0.2, 0.25) is 5.02 Å². The van der Waals surface area contributed by atoms with Gasteiger partial charge in [-0.1, -0.05) is 11.6 Å². The molecule has 0 radical (unpaired) electrons. The van der Waals surface area contributed by atoms with Crippen molar-refractivity contribution in [2.24, 2.45) is 0 Å². The van der Waals surface area contributed by atoms with Gasteiger partial charge in [0, 0.05) is 0 Å². The van der Waals surface area contributed by atoms with E-state index in [9.17, 15) is 13.6 Å². The van der Waals surface area contributed by atoms with Crippen LogP contribution in [0, 0.1) is 11.6 Å². The van der Waals surface area contributed by atoms with Crippen LogP contribution in [0.15, 0.2) is 12.1 Å². The molecule has 0 fully saturated rings. The average molecular weight is 296 g/mol. The minimum absolute atomic E-state index is 0.367. The van der Waals surface area contributed by atoms with Crippen molar-refractivity contribution in [1.82, 2.24) is 5.32 Å². The van der Waals surface area contributed by atoms with Gasteiger partial charge in [0.25, 0.3) is 5.91 Å². The molecule has 6 heteroatoms. The third-order valence-corrected chi connectivity index (χ3v) is 3.52. The second-order valence-electron chi connectivity index (χ2n) is 4.54. The van der Waals surface area contributed by atoms with Crippen LogP contribution in [0.25, 0.3) is 0 Å². The van der Waals surface area contributed by atoms with E-state index in [4.69, 9.17) is 23.2 Å². The average Bonchev–Trinajstić information content (AvgIpc) is 2.22. The van der Waals surface area contributed by atoms with Crippen molar-refractivity contribution in [3.8, 4) is 0 Å². The largest absolute Gasteiger partial charge is 0.346 e. The maximum absolute atomic E-state index is 13.5. The van der Waals surface area contributed by atoms with E-state index in [0.717, 1.165) is 12.1 Å².